The quantitative estimate of drug-likeness (QED) is 0.410. The van der Waals surface area contributed by atoms with Crippen molar-refractivity contribution in [3.63, 3.8) is 0 Å². The topological polar surface area (TPSA) is 48.0 Å². The minimum Gasteiger partial charge on any atom is -0.467 e. The standard InChI is InChI=1S/C19H19F3N2O2S2/c1-11-4-5-13-14(9-11)28-16-15(13)17(25)24(10-12-3-2-7-26-12)18(23-16)27-8-6-19(20,21)22/h2-3,7,11H,4-6,8-10H2,1H3. The van der Waals surface area contributed by atoms with Crippen molar-refractivity contribution >= 4 is 33.3 Å². The van der Waals surface area contributed by atoms with Gasteiger partial charge in [-0.25, -0.2) is 4.98 Å². The summed E-state index contributed by atoms with van der Waals surface area (Å²) in [6.45, 7) is 2.35. The Morgan fingerprint density at radius 3 is 2.96 bits per heavy atom. The first-order valence-corrected chi connectivity index (χ1v) is 10.9. The van der Waals surface area contributed by atoms with E-state index in [9.17, 15) is 18.0 Å². The number of fused-ring (bicyclic) bond motifs is 3. The number of thiophene rings is 1. The predicted octanol–water partition coefficient (Wildman–Crippen LogP) is 5.27. The molecular formula is C19H19F3N2O2S2. The number of halogens is 3. The third-order valence-corrected chi connectivity index (χ3v) is 7.02. The lowest BCUT2D eigenvalue weighted by Crippen LogP contribution is -2.24. The molecule has 0 bridgehead atoms. The normalized spacial score (nSPS) is 17.2. The lowest BCUT2D eigenvalue weighted by molar-refractivity contribution is -0.129. The number of hydrogen-bond donors (Lipinski definition) is 0. The Bertz CT molecular complexity index is 1040. The molecule has 3 heterocycles. The molecule has 1 aliphatic carbocycles. The fourth-order valence-electron chi connectivity index (χ4n) is 3.47. The molecule has 0 fully saturated rings. The van der Waals surface area contributed by atoms with Crippen molar-refractivity contribution in [2.24, 2.45) is 5.92 Å². The molecule has 1 atom stereocenters. The highest BCUT2D eigenvalue weighted by Crippen LogP contribution is 2.37. The number of aryl methyl sites for hydroxylation is 1. The predicted molar refractivity (Wildman–Crippen MR) is 104 cm³/mol. The van der Waals surface area contributed by atoms with E-state index in [1.165, 1.54) is 27.0 Å². The molecule has 1 unspecified atom stereocenters. The second-order valence-electron chi connectivity index (χ2n) is 7.11. The van der Waals surface area contributed by atoms with Crippen molar-refractivity contribution in [2.75, 3.05) is 5.75 Å². The van der Waals surface area contributed by atoms with Crippen molar-refractivity contribution in [1.29, 1.82) is 0 Å². The number of rotatable bonds is 5. The SMILES string of the molecule is CC1CCc2c(sc3nc(SCCC(F)(F)F)n(Cc4ccco4)c(=O)c23)C1. The number of aromatic nitrogens is 2. The van der Waals surface area contributed by atoms with E-state index in [2.05, 4.69) is 11.9 Å². The molecule has 0 spiro atoms. The Morgan fingerprint density at radius 2 is 2.25 bits per heavy atom. The molecule has 0 radical (unpaired) electrons. The van der Waals surface area contributed by atoms with E-state index in [1.807, 2.05) is 0 Å². The summed E-state index contributed by atoms with van der Waals surface area (Å²) in [6.07, 6.45) is -0.860. The summed E-state index contributed by atoms with van der Waals surface area (Å²) in [7, 11) is 0. The van der Waals surface area contributed by atoms with Gasteiger partial charge in [-0.15, -0.1) is 11.3 Å². The second-order valence-corrected chi connectivity index (χ2v) is 9.26. The van der Waals surface area contributed by atoms with Gasteiger partial charge in [-0.05, 0) is 42.9 Å². The van der Waals surface area contributed by atoms with Crippen LogP contribution in [-0.4, -0.2) is 21.5 Å². The summed E-state index contributed by atoms with van der Waals surface area (Å²) in [5, 5.41) is 0.934. The van der Waals surface area contributed by atoms with Crippen LogP contribution in [0.1, 0.15) is 36.0 Å². The Balaban J connectivity index is 1.78. The van der Waals surface area contributed by atoms with Gasteiger partial charge in [-0.2, -0.15) is 13.2 Å². The first-order valence-electron chi connectivity index (χ1n) is 9.09. The minimum absolute atomic E-state index is 0.157. The summed E-state index contributed by atoms with van der Waals surface area (Å²) >= 11 is 2.47. The fraction of sp³-hybridized carbons (Fsp3) is 0.474. The van der Waals surface area contributed by atoms with Crippen LogP contribution in [-0.2, 0) is 19.4 Å². The van der Waals surface area contributed by atoms with Gasteiger partial charge in [0.05, 0.1) is 24.6 Å². The van der Waals surface area contributed by atoms with Crippen LogP contribution in [0.3, 0.4) is 0 Å². The number of nitrogens with zero attached hydrogens (tertiary/aromatic N) is 2. The van der Waals surface area contributed by atoms with Gasteiger partial charge in [-0.1, -0.05) is 18.7 Å². The van der Waals surface area contributed by atoms with Gasteiger partial charge >= 0.3 is 6.18 Å². The van der Waals surface area contributed by atoms with E-state index in [1.54, 1.807) is 12.1 Å². The molecule has 150 valence electrons. The van der Waals surface area contributed by atoms with Crippen LogP contribution in [0.4, 0.5) is 13.2 Å². The molecule has 4 rings (SSSR count). The zero-order valence-electron chi connectivity index (χ0n) is 15.2. The molecule has 0 saturated carbocycles. The highest BCUT2D eigenvalue weighted by atomic mass is 32.2. The minimum atomic E-state index is -4.23. The average molecular weight is 429 g/mol. The highest BCUT2D eigenvalue weighted by Gasteiger charge is 2.28. The van der Waals surface area contributed by atoms with Crippen LogP contribution < -0.4 is 5.56 Å². The highest BCUT2D eigenvalue weighted by molar-refractivity contribution is 7.99. The Kier molecular flexibility index (Phi) is 5.30. The summed E-state index contributed by atoms with van der Waals surface area (Å²) in [4.78, 5) is 19.7. The van der Waals surface area contributed by atoms with E-state index in [4.69, 9.17) is 4.42 Å². The van der Waals surface area contributed by atoms with Gasteiger partial charge in [0.15, 0.2) is 5.16 Å². The lowest BCUT2D eigenvalue weighted by atomic mass is 9.89. The third-order valence-electron chi connectivity index (χ3n) is 4.89. The van der Waals surface area contributed by atoms with Crippen molar-refractivity contribution < 1.29 is 17.6 Å². The lowest BCUT2D eigenvalue weighted by Gasteiger charge is -2.17. The molecular weight excluding hydrogens is 409 g/mol. The van der Waals surface area contributed by atoms with Crippen molar-refractivity contribution in [2.45, 2.75) is 50.5 Å². The maximum atomic E-state index is 13.3. The molecule has 3 aromatic rings. The van der Waals surface area contributed by atoms with E-state index in [0.717, 1.165) is 36.6 Å². The molecule has 1 aliphatic rings. The van der Waals surface area contributed by atoms with Crippen molar-refractivity contribution in [1.82, 2.24) is 9.55 Å². The smallest absolute Gasteiger partial charge is 0.389 e. The van der Waals surface area contributed by atoms with Gasteiger partial charge in [0.1, 0.15) is 10.6 Å². The van der Waals surface area contributed by atoms with E-state index in [-0.39, 0.29) is 17.9 Å². The molecule has 9 heteroatoms. The van der Waals surface area contributed by atoms with Crippen LogP contribution >= 0.6 is 23.1 Å². The van der Waals surface area contributed by atoms with Gasteiger partial charge < -0.3 is 4.42 Å². The third kappa shape index (κ3) is 4.00. The first-order chi connectivity index (χ1) is 13.3. The van der Waals surface area contributed by atoms with Crippen LogP contribution in [0.5, 0.6) is 0 Å². The zero-order valence-corrected chi connectivity index (χ0v) is 16.8. The van der Waals surface area contributed by atoms with Crippen LogP contribution in [0.2, 0.25) is 0 Å². The van der Waals surface area contributed by atoms with Gasteiger partial charge in [0, 0.05) is 10.6 Å². The molecule has 3 aromatic heterocycles. The zero-order chi connectivity index (χ0) is 19.9. The van der Waals surface area contributed by atoms with Crippen molar-refractivity contribution in [3.05, 3.63) is 45.0 Å². The first kappa shape index (κ1) is 19.6. The summed E-state index contributed by atoms with van der Waals surface area (Å²) in [5.41, 5.74) is 0.874. The molecule has 0 N–H and O–H groups in total. The monoisotopic (exact) mass is 428 g/mol. The second kappa shape index (κ2) is 7.59. The van der Waals surface area contributed by atoms with E-state index < -0.39 is 12.6 Å². The summed E-state index contributed by atoms with van der Waals surface area (Å²) in [6, 6.07) is 3.46. The Hall–Kier alpha value is -1.74. The Labute approximate surface area is 167 Å². The van der Waals surface area contributed by atoms with Crippen LogP contribution in [0.25, 0.3) is 10.2 Å². The van der Waals surface area contributed by atoms with Crippen LogP contribution in [0.15, 0.2) is 32.8 Å². The van der Waals surface area contributed by atoms with Gasteiger partial charge in [-0.3, -0.25) is 9.36 Å². The average Bonchev–Trinajstić information content (AvgIpc) is 3.23. The number of alkyl halides is 3. The van der Waals surface area contributed by atoms with Gasteiger partial charge in [0.2, 0.25) is 0 Å². The van der Waals surface area contributed by atoms with Gasteiger partial charge in [0.25, 0.3) is 5.56 Å². The fourth-order valence-corrected chi connectivity index (χ4v) is 5.88. The van der Waals surface area contributed by atoms with E-state index in [0.29, 0.717) is 27.1 Å². The summed E-state index contributed by atoms with van der Waals surface area (Å²) < 4.78 is 44.5. The number of hydrogen-bond acceptors (Lipinski definition) is 5. The molecule has 0 amide bonds. The largest absolute Gasteiger partial charge is 0.467 e. The molecule has 0 saturated heterocycles. The maximum absolute atomic E-state index is 13.3. The number of thioether (sulfide) groups is 1. The molecule has 0 aromatic carbocycles. The van der Waals surface area contributed by atoms with Crippen LogP contribution in [0, 0.1) is 5.92 Å². The molecule has 28 heavy (non-hydrogen) atoms. The summed E-state index contributed by atoms with van der Waals surface area (Å²) in [5.74, 6) is 0.951. The molecule has 4 nitrogen and oxygen atoms in total. The molecule has 0 aliphatic heterocycles. The van der Waals surface area contributed by atoms with Crippen molar-refractivity contribution in [3.8, 4) is 0 Å². The maximum Gasteiger partial charge on any atom is 0.389 e. The Morgan fingerprint density at radius 1 is 1.43 bits per heavy atom. The number of furan rings is 1. The van der Waals surface area contributed by atoms with E-state index >= 15 is 0 Å².